The number of hydrogen-bond donors (Lipinski definition) is 0. The summed E-state index contributed by atoms with van der Waals surface area (Å²) in [5.74, 6) is 0.146. The van der Waals surface area contributed by atoms with Crippen LogP contribution in [-0.4, -0.2) is 32.2 Å². The molecule has 1 aliphatic heterocycles. The molecule has 3 rings (SSSR count). The Kier molecular flexibility index (Phi) is 6.75. The van der Waals surface area contributed by atoms with E-state index in [0.717, 1.165) is 37.9 Å². The van der Waals surface area contributed by atoms with Crippen LogP contribution >= 0.6 is 0 Å². The third-order valence-electron chi connectivity index (χ3n) is 5.05. The molecular formula is C23H27NO4S. The highest BCUT2D eigenvalue weighted by atomic mass is 32.2. The number of nitrogens with zero attached hydrogens (tertiary/aromatic N) is 1. The smallest absolute Gasteiger partial charge is 0.339 e. The van der Waals surface area contributed by atoms with Crippen molar-refractivity contribution in [1.82, 2.24) is 4.90 Å². The summed E-state index contributed by atoms with van der Waals surface area (Å²) in [4.78, 5) is 15.2. The molecule has 154 valence electrons. The van der Waals surface area contributed by atoms with Gasteiger partial charge in [-0.1, -0.05) is 37.3 Å². The molecule has 2 aromatic rings. The van der Waals surface area contributed by atoms with Gasteiger partial charge in [0.05, 0.1) is 0 Å². The standard InChI is InChI=1S/C23H27NO4S/c1-3-4-13-24-14-11-19(12-15-24)23(25)20-8-6-9-21(17-20)28-29(26,27)22-10-5-7-18(2)16-22/h4-10,13,16-17,19H,3,11-12,14-15H2,1-2H3. The minimum absolute atomic E-state index is 0.0440. The zero-order valence-corrected chi connectivity index (χ0v) is 17.7. The predicted octanol–water partition coefficient (Wildman–Crippen LogP) is 4.58. The number of aryl methyl sites for hydroxylation is 1. The number of rotatable bonds is 7. The van der Waals surface area contributed by atoms with Gasteiger partial charge >= 0.3 is 10.1 Å². The largest absolute Gasteiger partial charge is 0.379 e. The van der Waals surface area contributed by atoms with Crippen LogP contribution in [0.1, 0.15) is 42.1 Å². The molecule has 0 atom stereocenters. The summed E-state index contributed by atoms with van der Waals surface area (Å²) in [6.45, 7) is 5.62. The van der Waals surface area contributed by atoms with Crippen molar-refractivity contribution < 1.29 is 17.4 Å². The normalized spacial score (nSPS) is 15.6. The third kappa shape index (κ3) is 5.48. The number of likely N-dealkylation sites (tertiary alicyclic amines) is 1. The van der Waals surface area contributed by atoms with Crippen molar-refractivity contribution in [2.75, 3.05) is 13.1 Å². The molecule has 29 heavy (non-hydrogen) atoms. The van der Waals surface area contributed by atoms with Crippen LogP contribution in [0.5, 0.6) is 5.75 Å². The summed E-state index contributed by atoms with van der Waals surface area (Å²) < 4.78 is 30.4. The quantitative estimate of drug-likeness (QED) is 0.491. The Hall–Kier alpha value is -2.60. The van der Waals surface area contributed by atoms with Gasteiger partial charge in [0.1, 0.15) is 10.6 Å². The molecule has 0 amide bonds. The van der Waals surface area contributed by atoms with E-state index in [4.69, 9.17) is 4.18 Å². The number of carbonyl (C=O) groups is 1. The average Bonchev–Trinajstić information content (AvgIpc) is 2.72. The minimum Gasteiger partial charge on any atom is -0.379 e. The molecular weight excluding hydrogens is 386 g/mol. The maximum atomic E-state index is 12.9. The molecule has 1 heterocycles. The van der Waals surface area contributed by atoms with Gasteiger partial charge in [-0.15, -0.1) is 0 Å². The molecule has 0 aromatic heterocycles. The van der Waals surface area contributed by atoms with Crippen LogP contribution in [0.25, 0.3) is 0 Å². The number of Topliss-reactive ketones (excluding diaryl/α,β-unsaturated/α-hetero) is 1. The molecule has 1 fully saturated rings. The molecule has 2 aromatic carbocycles. The van der Waals surface area contributed by atoms with E-state index >= 15 is 0 Å². The van der Waals surface area contributed by atoms with Gasteiger partial charge in [-0.2, -0.15) is 8.42 Å². The van der Waals surface area contributed by atoms with Crippen molar-refractivity contribution in [3.63, 3.8) is 0 Å². The van der Waals surface area contributed by atoms with E-state index in [9.17, 15) is 13.2 Å². The van der Waals surface area contributed by atoms with Crippen molar-refractivity contribution in [3.8, 4) is 5.75 Å². The SMILES string of the molecule is CCC=CN1CCC(C(=O)c2cccc(OS(=O)(=O)c3cccc(C)c3)c2)CC1. The fraction of sp³-hybridized carbons (Fsp3) is 0.348. The zero-order chi connectivity index (χ0) is 20.9. The van der Waals surface area contributed by atoms with Crippen molar-refractivity contribution in [1.29, 1.82) is 0 Å². The van der Waals surface area contributed by atoms with Crippen LogP contribution in [0.2, 0.25) is 0 Å². The Balaban J connectivity index is 1.69. The van der Waals surface area contributed by atoms with Gasteiger partial charge in [0.2, 0.25) is 0 Å². The van der Waals surface area contributed by atoms with Gasteiger partial charge in [-0.25, -0.2) is 0 Å². The zero-order valence-electron chi connectivity index (χ0n) is 16.9. The van der Waals surface area contributed by atoms with E-state index in [1.165, 1.54) is 12.1 Å². The van der Waals surface area contributed by atoms with Gasteiger partial charge in [0.25, 0.3) is 0 Å². The lowest BCUT2D eigenvalue weighted by atomic mass is 9.89. The number of hydrogen-bond acceptors (Lipinski definition) is 5. The highest BCUT2D eigenvalue weighted by Gasteiger charge is 2.25. The number of carbonyl (C=O) groups excluding carboxylic acids is 1. The summed E-state index contributed by atoms with van der Waals surface area (Å²) in [7, 11) is -3.94. The lowest BCUT2D eigenvalue weighted by molar-refractivity contribution is 0.0865. The van der Waals surface area contributed by atoms with E-state index in [2.05, 4.69) is 24.1 Å². The lowest BCUT2D eigenvalue weighted by Gasteiger charge is -2.30. The summed E-state index contributed by atoms with van der Waals surface area (Å²) in [6.07, 6.45) is 6.80. The van der Waals surface area contributed by atoms with E-state index in [-0.39, 0.29) is 22.3 Å². The summed E-state index contributed by atoms with van der Waals surface area (Å²) in [5, 5.41) is 0. The van der Waals surface area contributed by atoms with Gasteiger partial charge in [0, 0.05) is 24.6 Å². The van der Waals surface area contributed by atoms with E-state index in [0.29, 0.717) is 5.56 Å². The summed E-state index contributed by atoms with van der Waals surface area (Å²) in [5.41, 5.74) is 1.32. The molecule has 0 bridgehead atoms. The third-order valence-corrected chi connectivity index (χ3v) is 6.30. The van der Waals surface area contributed by atoms with E-state index < -0.39 is 10.1 Å². The molecule has 0 saturated carbocycles. The van der Waals surface area contributed by atoms with Crippen LogP contribution in [-0.2, 0) is 10.1 Å². The molecule has 6 heteroatoms. The van der Waals surface area contributed by atoms with E-state index in [1.807, 2.05) is 13.0 Å². The minimum atomic E-state index is -3.94. The molecule has 1 saturated heterocycles. The van der Waals surface area contributed by atoms with Crippen molar-refractivity contribution in [3.05, 3.63) is 71.9 Å². The summed E-state index contributed by atoms with van der Waals surface area (Å²) >= 11 is 0. The van der Waals surface area contributed by atoms with Crippen LogP contribution in [0, 0.1) is 12.8 Å². The molecule has 0 aliphatic carbocycles. The second-order valence-electron chi connectivity index (χ2n) is 7.35. The molecule has 1 aliphatic rings. The molecule has 0 radical (unpaired) electrons. The van der Waals surface area contributed by atoms with Gasteiger partial charge in [-0.3, -0.25) is 4.79 Å². The molecule has 0 N–H and O–H groups in total. The van der Waals surface area contributed by atoms with E-state index in [1.54, 1.807) is 30.3 Å². The topological polar surface area (TPSA) is 63.7 Å². The Labute approximate surface area is 173 Å². The maximum absolute atomic E-state index is 12.9. The average molecular weight is 414 g/mol. The first-order valence-corrected chi connectivity index (χ1v) is 11.4. The predicted molar refractivity (Wildman–Crippen MR) is 113 cm³/mol. The van der Waals surface area contributed by atoms with Gasteiger partial charge in [0.15, 0.2) is 5.78 Å². The number of benzene rings is 2. The fourth-order valence-electron chi connectivity index (χ4n) is 3.45. The first-order valence-electron chi connectivity index (χ1n) is 9.95. The highest BCUT2D eigenvalue weighted by Crippen LogP contribution is 2.25. The Morgan fingerprint density at radius 3 is 2.55 bits per heavy atom. The maximum Gasteiger partial charge on any atom is 0.339 e. The first-order chi connectivity index (χ1) is 13.9. The van der Waals surface area contributed by atoms with Crippen LogP contribution in [0.3, 0.4) is 0 Å². The molecule has 0 spiro atoms. The first kappa shape index (κ1) is 21.1. The van der Waals surface area contributed by atoms with Gasteiger partial charge in [-0.05, 0) is 62.2 Å². The highest BCUT2D eigenvalue weighted by molar-refractivity contribution is 7.87. The van der Waals surface area contributed by atoms with Crippen molar-refractivity contribution >= 4 is 15.9 Å². The Morgan fingerprint density at radius 1 is 1.14 bits per heavy atom. The number of piperidine rings is 1. The lowest BCUT2D eigenvalue weighted by Crippen LogP contribution is -2.33. The van der Waals surface area contributed by atoms with Crippen molar-refractivity contribution in [2.45, 2.75) is 38.0 Å². The molecule has 5 nitrogen and oxygen atoms in total. The Bertz CT molecular complexity index is 989. The summed E-state index contributed by atoms with van der Waals surface area (Å²) in [6, 6.07) is 13.0. The second-order valence-corrected chi connectivity index (χ2v) is 8.90. The fourth-order valence-corrected chi connectivity index (χ4v) is 4.48. The van der Waals surface area contributed by atoms with Crippen LogP contribution in [0.15, 0.2) is 65.7 Å². The number of ketones is 1. The monoisotopic (exact) mass is 413 g/mol. The van der Waals surface area contributed by atoms with Gasteiger partial charge < -0.3 is 9.08 Å². The number of allylic oxidation sites excluding steroid dienone is 1. The van der Waals surface area contributed by atoms with Crippen LogP contribution in [0.4, 0.5) is 0 Å². The second kappa shape index (κ2) is 9.27. The van der Waals surface area contributed by atoms with Crippen LogP contribution < -0.4 is 4.18 Å². The Morgan fingerprint density at radius 2 is 1.86 bits per heavy atom. The van der Waals surface area contributed by atoms with Crippen molar-refractivity contribution in [2.24, 2.45) is 5.92 Å². The molecule has 0 unspecified atom stereocenters.